The number of carbonyl (C=O) groups is 3. The minimum atomic E-state index is -0.461. The molecule has 6 atom stereocenters. The molecule has 5 unspecified atom stereocenters. The third-order valence-electron chi connectivity index (χ3n) is 7.77. The van der Waals surface area contributed by atoms with Gasteiger partial charge in [-0.25, -0.2) is 0 Å². The molecule has 0 aliphatic heterocycles. The van der Waals surface area contributed by atoms with Crippen molar-refractivity contribution in [1.82, 2.24) is 0 Å². The van der Waals surface area contributed by atoms with E-state index in [-0.39, 0.29) is 29.0 Å². The fraction of sp³-hybridized carbons (Fsp3) is 0.870. The number of carbonyl (C=O) groups excluding carboxylic acids is 3. The zero-order valence-corrected chi connectivity index (χ0v) is 17.7. The van der Waals surface area contributed by atoms with E-state index in [9.17, 15) is 14.4 Å². The molecule has 0 N–H and O–H groups in total. The zero-order valence-electron chi connectivity index (χ0n) is 17.7. The first-order valence-corrected chi connectivity index (χ1v) is 10.7. The van der Waals surface area contributed by atoms with Crippen molar-refractivity contribution in [2.45, 2.75) is 79.6 Å². The molecule has 0 radical (unpaired) electrons. The molecule has 0 aromatic rings. The number of Topliss-reactive ketones (excluding diaryl/α,β-unsaturated/α-hetero) is 2. The zero-order chi connectivity index (χ0) is 20.0. The van der Waals surface area contributed by atoms with Crippen LogP contribution in [0.1, 0.15) is 79.6 Å². The first kappa shape index (κ1) is 20.5. The lowest BCUT2D eigenvalue weighted by Crippen LogP contribution is -2.49. The summed E-state index contributed by atoms with van der Waals surface area (Å²) >= 11 is 0. The van der Waals surface area contributed by atoms with Crippen LogP contribution in [0.5, 0.6) is 0 Å². The van der Waals surface area contributed by atoms with Gasteiger partial charge in [-0.1, -0.05) is 13.3 Å². The van der Waals surface area contributed by atoms with Gasteiger partial charge in [0.15, 0.2) is 0 Å². The molecule has 3 saturated carbocycles. The van der Waals surface area contributed by atoms with Crippen LogP contribution in [0.25, 0.3) is 0 Å². The third-order valence-corrected chi connectivity index (χ3v) is 7.77. The van der Waals surface area contributed by atoms with Crippen LogP contribution in [0.2, 0.25) is 0 Å². The van der Waals surface area contributed by atoms with Crippen molar-refractivity contribution in [3.63, 3.8) is 0 Å². The minimum Gasteiger partial charge on any atom is -0.465 e. The number of ether oxygens (including phenoxy) is 1. The fourth-order valence-electron chi connectivity index (χ4n) is 6.33. The normalized spacial score (nSPS) is 38.9. The Bertz CT molecular complexity index is 616. The maximum absolute atomic E-state index is 13.0. The number of esters is 1. The van der Waals surface area contributed by atoms with Crippen molar-refractivity contribution in [3.05, 3.63) is 0 Å². The van der Waals surface area contributed by atoms with E-state index in [0.717, 1.165) is 38.5 Å². The molecule has 4 nitrogen and oxygen atoms in total. The fourth-order valence-corrected chi connectivity index (χ4v) is 6.33. The van der Waals surface area contributed by atoms with Crippen LogP contribution in [0, 0.1) is 40.4 Å². The van der Waals surface area contributed by atoms with Crippen LogP contribution >= 0.6 is 0 Å². The number of rotatable bonds is 4. The molecule has 152 valence electrons. The van der Waals surface area contributed by atoms with Crippen molar-refractivity contribution in [3.8, 4) is 0 Å². The van der Waals surface area contributed by atoms with E-state index in [1.165, 1.54) is 0 Å². The highest BCUT2D eigenvalue weighted by atomic mass is 16.5. The van der Waals surface area contributed by atoms with Crippen molar-refractivity contribution in [1.29, 1.82) is 0 Å². The SMILES string of the molecule is CC(=O)[C@H]1CCC2C3CCC(CCOC(=O)C(C)(C)C)CC3C(=O)CC21C. The van der Waals surface area contributed by atoms with Crippen LogP contribution in [-0.4, -0.2) is 24.1 Å². The largest absolute Gasteiger partial charge is 0.465 e. The predicted molar refractivity (Wildman–Crippen MR) is 104 cm³/mol. The summed E-state index contributed by atoms with van der Waals surface area (Å²) in [5, 5.41) is 0. The topological polar surface area (TPSA) is 60.4 Å². The van der Waals surface area contributed by atoms with E-state index in [4.69, 9.17) is 4.74 Å². The van der Waals surface area contributed by atoms with Crippen molar-refractivity contribution in [2.24, 2.45) is 40.4 Å². The number of hydrogen-bond donors (Lipinski definition) is 0. The molecular formula is C23H36O4. The maximum Gasteiger partial charge on any atom is 0.311 e. The van der Waals surface area contributed by atoms with Gasteiger partial charge in [0.05, 0.1) is 12.0 Å². The lowest BCUT2D eigenvalue weighted by Gasteiger charge is -2.50. The molecule has 0 bridgehead atoms. The Hall–Kier alpha value is -1.19. The highest BCUT2D eigenvalue weighted by molar-refractivity contribution is 5.86. The van der Waals surface area contributed by atoms with E-state index in [1.54, 1.807) is 6.92 Å². The highest BCUT2D eigenvalue weighted by Crippen LogP contribution is 2.61. The lowest BCUT2D eigenvalue weighted by atomic mass is 9.53. The lowest BCUT2D eigenvalue weighted by molar-refractivity contribution is -0.154. The van der Waals surface area contributed by atoms with Crippen molar-refractivity contribution < 1.29 is 19.1 Å². The van der Waals surface area contributed by atoms with Crippen LogP contribution in [0.15, 0.2) is 0 Å². The van der Waals surface area contributed by atoms with Gasteiger partial charge < -0.3 is 4.74 Å². The molecule has 27 heavy (non-hydrogen) atoms. The smallest absolute Gasteiger partial charge is 0.311 e. The average molecular weight is 377 g/mol. The van der Waals surface area contributed by atoms with Crippen LogP contribution in [-0.2, 0) is 19.1 Å². The number of ketones is 2. The molecule has 0 heterocycles. The van der Waals surface area contributed by atoms with Crippen LogP contribution in [0.3, 0.4) is 0 Å². The van der Waals surface area contributed by atoms with Gasteiger partial charge >= 0.3 is 5.97 Å². The molecule has 3 aliphatic rings. The van der Waals surface area contributed by atoms with Crippen molar-refractivity contribution >= 4 is 17.5 Å². The van der Waals surface area contributed by atoms with Gasteiger partial charge in [-0.05, 0) is 83.0 Å². The second kappa shape index (κ2) is 7.33. The van der Waals surface area contributed by atoms with E-state index in [0.29, 0.717) is 36.6 Å². The number of fused-ring (bicyclic) bond motifs is 3. The van der Waals surface area contributed by atoms with Crippen LogP contribution in [0.4, 0.5) is 0 Å². The maximum atomic E-state index is 13.0. The molecule has 3 rings (SSSR count). The second-order valence-corrected chi connectivity index (χ2v) is 10.6. The van der Waals surface area contributed by atoms with Gasteiger partial charge in [-0.3, -0.25) is 14.4 Å². The summed E-state index contributed by atoms with van der Waals surface area (Å²) in [7, 11) is 0. The quantitative estimate of drug-likeness (QED) is 0.673. The Balaban J connectivity index is 1.59. The number of hydrogen-bond acceptors (Lipinski definition) is 4. The monoisotopic (exact) mass is 376 g/mol. The standard InChI is InChI=1S/C23H36O4/c1-14(24)18-8-9-19-16-7-6-15(10-11-27-21(26)22(2,3)4)12-17(16)20(25)13-23(18,19)5/h15-19H,6-13H2,1-5H3/t15?,16?,17?,18-,19?,23?/m1/s1. The summed E-state index contributed by atoms with van der Waals surface area (Å²) in [5.74, 6) is 2.17. The van der Waals surface area contributed by atoms with Gasteiger partial charge in [0.1, 0.15) is 11.6 Å². The summed E-state index contributed by atoms with van der Waals surface area (Å²) < 4.78 is 5.44. The van der Waals surface area contributed by atoms with Gasteiger partial charge in [-0.15, -0.1) is 0 Å². The molecule has 0 saturated heterocycles. The Morgan fingerprint density at radius 3 is 2.48 bits per heavy atom. The summed E-state index contributed by atoms with van der Waals surface area (Å²) in [4.78, 5) is 37.1. The summed E-state index contributed by atoms with van der Waals surface area (Å²) in [5.41, 5.74) is -0.573. The molecule has 3 aliphatic carbocycles. The predicted octanol–water partition coefficient (Wildman–Crippen LogP) is 4.59. The van der Waals surface area contributed by atoms with Gasteiger partial charge in [0, 0.05) is 18.3 Å². The van der Waals surface area contributed by atoms with Crippen LogP contribution < -0.4 is 0 Å². The minimum absolute atomic E-state index is 0.0712. The van der Waals surface area contributed by atoms with Gasteiger partial charge in [0.25, 0.3) is 0 Å². The van der Waals surface area contributed by atoms with Crippen molar-refractivity contribution in [2.75, 3.05) is 6.61 Å². The molecular weight excluding hydrogens is 340 g/mol. The van der Waals surface area contributed by atoms with Gasteiger partial charge in [0.2, 0.25) is 0 Å². The molecule has 0 aromatic heterocycles. The highest BCUT2D eigenvalue weighted by Gasteiger charge is 2.58. The molecule has 4 heteroatoms. The molecule has 0 amide bonds. The van der Waals surface area contributed by atoms with E-state index in [1.807, 2.05) is 20.8 Å². The molecule has 3 fully saturated rings. The van der Waals surface area contributed by atoms with Gasteiger partial charge in [-0.2, -0.15) is 0 Å². The van der Waals surface area contributed by atoms with E-state index in [2.05, 4.69) is 6.92 Å². The first-order valence-electron chi connectivity index (χ1n) is 10.7. The summed E-state index contributed by atoms with van der Waals surface area (Å²) in [6.45, 7) is 9.96. The summed E-state index contributed by atoms with van der Waals surface area (Å²) in [6, 6.07) is 0. The first-order chi connectivity index (χ1) is 12.5. The molecule has 0 spiro atoms. The Morgan fingerprint density at radius 2 is 1.85 bits per heavy atom. The second-order valence-electron chi connectivity index (χ2n) is 10.6. The average Bonchev–Trinajstić information content (AvgIpc) is 2.91. The van der Waals surface area contributed by atoms with E-state index < -0.39 is 5.41 Å². The Labute approximate surface area is 163 Å². The molecule has 0 aromatic carbocycles. The Morgan fingerprint density at radius 1 is 1.15 bits per heavy atom. The summed E-state index contributed by atoms with van der Waals surface area (Å²) in [6.07, 6.45) is 6.62. The third kappa shape index (κ3) is 3.86. The van der Waals surface area contributed by atoms with E-state index >= 15 is 0 Å². The Kier molecular flexibility index (Phi) is 5.58.